The van der Waals surface area contributed by atoms with Crippen molar-refractivity contribution in [1.29, 1.82) is 0 Å². The summed E-state index contributed by atoms with van der Waals surface area (Å²) in [6, 6.07) is 23.0. The van der Waals surface area contributed by atoms with Gasteiger partial charge in [0, 0.05) is 31.3 Å². The van der Waals surface area contributed by atoms with E-state index in [2.05, 4.69) is 44.5 Å². The maximum Gasteiger partial charge on any atom is 0.316 e. The second-order valence-electron chi connectivity index (χ2n) is 8.06. The van der Waals surface area contributed by atoms with Crippen LogP contribution in [-0.4, -0.2) is 50.4 Å². The quantitative estimate of drug-likeness (QED) is 0.335. The van der Waals surface area contributed by atoms with Crippen LogP contribution >= 0.6 is 0 Å². The Morgan fingerprint density at radius 3 is 2.51 bits per heavy atom. The number of aromatic nitrogens is 4. The van der Waals surface area contributed by atoms with Crippen molar-refractivity contribution >= 4 is 5.91 Å². The third kappa shape index (κ3) is 6.70. The van der Waals surface area contributed by atoms with E-state index >= 15 is 0 Å². The Morgan fingerprint density at radius 1 is 1.03 bits per heavy atom. The Morgan fingerprint density at radius 2 is 1.77 bits per heavy atom. The van der Waals surface area contributed by atoms with Gasteiger partial charge >= 0.3 is 11.8 Å². The highest BCUT2D eigenvalue weighted by atomic mass is 16.5. The SMILES string of the molecule is CCN(CCCNC(=O)c1nc(Cn2nc(-c3ccccc3)ccc2=O)no1)Cc1ccccc1. The van der Waals surface area contributed by atoms with Crippen molar-refractivity contribution in [2.75, 3.05) is 19.6 Å². The van der Waals surface area contributed by atoms with Gasteiger partial charge in [0.25, 0.3) is 5.56 Å². The zero-order valence-corrected chi connectivity index (χ0v) is 19.6. The zero-order valence-electron chi connectivity index (χ0n) is 19.6. The predicted octanol–water partition coefficient (Wildman–Crippen LogP) is 2.98. The molecule has 9 heteroatoms. The average molecular weight is 473 g/mol. The van der Waals surface area contributed by atoms with E-state index < -0.39 is 5.91 Å². The summed E-state index contributed by atoms with van der Waals surface area (Å²) in [6.07, 6.45) is 0.791. The molecule has 1 N–H and O–H groups in total. The van der Waals surface area contributed by atoms with Gasteiger partial charge in [0.1, 0.15) is 6.54 Å². The molecular weight excluding hydrogens is 444 g/mol. The van der Waals surface area contributed by atoms with Gasteiger partial charge in [-0.25, -0.2) is 4.68 Å². The molecule has 0 saturated carbocycles. The van der Waals surface area contributed by atoms with Crippen LogP contribution in [0, 0.1) is 0 Å². The van der Waals surface area contributed by atoms with Crippen molar-refractivity contribution in [2.45, 2.75) is 26.4 Å². The van der Waals surface area contributed by atoms with Crippen molar-refractivity contribution in [3.8, 4) is 11.3 Å². The fourth-order valence-electron chi connectivity index (χ4n) is 3.64. The second kappa shape index (κ2) is 11.8. The van der Waals surface area contributed by atoms with E-state index in [1.165, 1.54) is 16.3 Å². The Balaban J connectivity index is 1.28. The minimum Gasteiger partial charge on any atom is -0.348 e. The Hall–Kier alpha value is -4.11. The number of carbonyl (C=O) groups is 1. The van der Waals surface area contributed by atoms with Gasteiger partial charge in [-0.3, -0.25) is 14.5 Å². The van der Waals surface area contributed by atoms with Gasteiger partial charge < -0.3 is 9.84 Å². The summed E-state index contributed by atoms with van der Waals surface area (Å²) in [6.45, 7) is 5.26. The molecule has 0 fully saturated rings. The summed E-state index contributed by atoms with van der Waals surface area (Å²) < 4.78 is 6.36. The highest BCUT2D eigenvalue weighted by Crippen LogP contribution is 2.14. The van der Waals surface area contributed by atoms with Crippen molar-refractivity contribution in [1.82, 2.24) is 30.1 Å². The highest BCUT2D eigenvalue weighted by molar-refractivity contribution is 5.89. The summed E-state index contributed by atoms with van der Waals surface area (Å²) >= 11 is 0. The lowest BCUT2D eigenvalue weighted by Gasteiger charge is -2.20. The van der Waals surface area contributed by atoms with Crippen LogP contribution in [0.3, 0.4) is 0 Å². The summed E-state index contributed by atoms with van der Waals surface area (Å²) in [5.74, 6) is -0.368. The topological polar surface area (TPSA) is 106 Å². The summed E-state index contributed by atoms with van der Waals surface area (Å²) in [4.78, 5) is 31.1. The first-order chi connectivity index (χ1) is 17.1. The molecule has 0 atom stereocenters. The van der Waals surface area contributed by atoms with Crippen LogP contribution in [0.15, 0.2) is 82.1 Å². The van der Waals surface area contributed by atoms with Gasteiger partial charge in [0.15, 0.2) is 5.82 Å². The number of carbonyl (C=O) groups excluding carboxylic acids is 1. The number of hydrogen-bond donors (Lipinski definition) is 1. The standard InChI is InChI=1S/C26H28N6O3/c1-2-31(18-20-10-5-3-6-11-20)17-9-16-27-25(34)26-28-23(30-35-26)19-32-24(33)15-14-22(29-32)21-12-7-4-8-13-21/h3-8,10-15H,2,9,16-19H2,1H3,(H,27,34). The van der Waals surface area contributed by atoms with Crippen LogP contribution in [0.4, 0.5) is 0 Å². The smallest absolute Gasteiger partial charge is 0.316 e. The largest absolute Gasteiger partial charge is 0.348 e. The lowest BCUT2D eigenvalue weighted by molar-refractivity contribution is 0.0907. The molecule has 2 aromatic heterocycles. The molecule has 35 heavy (non-hydrogen) atoms. The molecule has 0 radical (unpaired) electrons. The maximum atomic E-state index is 12.4. The first kappa shape index (κ1) is 24.0. The number of rotatable bonds is 11. The third-order valence-corrected chi connectivity index (χ3v) is 5.52. The van der Waals surface area contributed by atoms with E-state index in [4.69, 9.17) is 4.52 Å². The molecule has 4 aromatic rings. The van der Waals surface area contributed by atoms with E-state index in [0.29, 0.717) is 12.2 Å². The lowest BCUT2D eigenvalue weighted by Crippen LogP contribution is -2.30. The van der Waals surface area contributed by atoms with Crippen LogP contribution in [-0.2, 0) is 13.1 Å². The maximum absolute atomic E-state index is 12.4. The minimum atomic E-state index is -0.437. The Bertz CT molecular complexity index is 1290. The van der Waals surface area contributed by atoms with E-state index in [9.17, 15) is 9.59 Å². The molecule has 2 heterocycles. The van der Waals surface area contributed by atoms with Gasteiger partial charge in [0.2, 0.25) is 0 Å². The molecule has 0 bridgehead atoms. The zero-order chi connectivity index (χ0) is 24.5. The van der Waals surface area contributed by atoms with Crippen LogP contribution in [0.1, 0.15) is 35.4 Å². The van der Waals surface area contributed by atoms with Gasteiger partial charge in [-0.1, -0.05) is 72.7 Å². The van der Waals surface area contributed by atoms with E-state index in [0.717, 1.165) is 31.6 Å². The van der Waals surface area contributed by atoms with Gasteiger partial charge in [0.05, 0.1) is 5.69 Å². The molecule has 0 aliphatic rings. The first-order valence-corrected chi connectivity index (χ1v) is 11.6. The number of benzene rings is 2. The Kier molecular flexibility index (Phi) is 8.13. The minimum absolute atomic E-state index is 0.00122. The van der Waals surface area contributed by atoms with Crippen molar-refractivity contribution in [3.63, 3.8) is 0 Å². The fourth-order valence-corrected chi connectivity index (χ4v) is 3.64. The Labute approximate surface area is 203 Å². The number of nitrogens with zero attached hydrogens (tertiary/aromatic N) is 5. The molecule has 9 nitrogen and oxygen atoms in total. The van der Waals surface area contributed by atoms with Crippen LogP contribution < -0.4 is 10.9 Å². The average Bonchev–Trinajstić information content (AvgIpc) is 3.37. The monoisotopic (exact) mass is 472 g/mol. The second-order valence-corrected chi connectivity index (χ2v) is 8.06. The fraction of sp³-hybridized carbons (Fsp3) is 0.269. The van der Waals surface area contributed by atoms with Crippen LogP contribution in [0.2, 0.25) is 0 Å². The normalized spacial score (nSPS) is 11.0. The predicted molar refractivity (Wildman–Crippen MR) is 132 cm³/mol. The number of amides is 1. The molecule has 1 amide bonds. The summed E-state index contributed by atoms with van der Waals surface area (Å²) in [7, 11) is 0. The molecule has 0 aliphatic carbocycles. The first-order valence-electron chi connectivity index (χ1n) is 11.6. The molecule has 180 valence electrons. The van der Waals surface area contributed by atoms with Crippen molar-refractivity contribution < 1.29 is 9.32 Å². The van der Waals surface area contributed by atoms with Gasteiger partial charge in [-0.05, 0) is 24.6 Å². The van der Waals surface area contributed by atoms with E-state index in [-0.39, 0.29) is 23.8 Å². The molecule has 4 rings (SSSR count). The van der Waals surface area contributed by atoms with Crippen molar-refractivity contribution in [3.05, 3.63) is 100 Å². The van der Waals surface area contributed by atoms with Crippen molar-refractivity contribution in [2.24, 2.45) is 0 Å². The highest BCUT2D eigenvalue weighted by Gasteiger charge is 2.16. The number of nitrogens with one attached hydrogen (secondary N) is 1. The van der Waals surface area contributed by atoms with Crippen LogP contribution in [0.5, 0.6) is 0 Å². The lowest BCUT2D eigenvalue weighted by atomic mass is 10.1. The summed E-state index contributed by atoms with van der Waals surface area (Å²) in [5, 5.41) is 11.0. The molecule has 0 aliphatic heterocycles. The molecule has 0 spiro atoms. The van der Waals surface area contributed by atoms with Gasteiger partial charge in [-0.2, -0.15) is 10.1 Å². The molecule has 0 unspecified atom stereocenters. The summed E-state index contributed by atoms with van der Waals surface area (Å²) in [5.41, 5.74) is 2.51. The van der Waals surface area contributed by atoms with E-state index in [1.54, 1.807) is 6.07 Å². The molecular formula is C26H28N6O3. The van der Waals surface area contributed by atoms with E-state index in [1.807, 2.05) is 48.5 Å². The molecule has 2 aromatic carbocycles. The van der Waals surface area contributed by atoms with Crippen LogP contribution in [0.25, 0.3) is 11.3 Å². The number of hydrogen-bond acceptors (Lipinski definition) is 7. The third-order valence-electron chi connectivity index (χ3n) is 5.52. The van der Waals surface area contributed by atoms with Gasteiger partial charge in [-0.15, -0.1) is 0 Å². The molecule has 0 saturated heterocycles.